The number of carbonyl (C=O) groups excluding carboxylic acids is 1. The third-order valence-corrected chi connectivity index (χ3v) is 3.97. The molecular weight excluding hydrogens is 252 g/mol. The standard InChI is InChI=1S/C16H24N2O2/c1-12(17)15-7-4-8-18(10-15)16(19)14-6-3-5-13(9-14)11-20-2/h3,5-6,9,12,15H,4,7-8,10-11,17H2,1-2H3/t12-,15-/m0/s1. The van der Waals surface area contributed by atoms with Crippen LogP contribution in [0.25, 0.3) is 0 Å². The van der Waals surface area contributed by atoms with Crippen molar-refractivity contribution < 1.29 is 9.53 Å². The molecule has 1 aromatic rings. The molecule has 1 amide bonds. The minimum atomic E-state index is 0.105. The highest BCUT2D eigenvalue weighted by atomic mass is 16.5. The van der Waals surface area contributed by atoms with E-state index in [9.17, 15) is 4.79 Å². The van der Waals surface area contributed by atoms with Crippen molar-refractivity contribution in [3.63, 3.8) is 0 Å². The van der Waals surface area contributed by atoms with Crippen LogP contribution in [0.1, 0.15) is 35.7 Å². The van der Waals surface area contributed by atoms with E-state index in [0.29, 0.717) is 12.5 Å². The van der Waals surface area contributed by atoms with Crippen LogP contribution in [0.15, 0.2) is 24.3 Å². The van der Waals surface area contributed by atoms with E-state index in [1.54, 1.807) is 7.11 Å². The maximum atomic E-state index is 12.6. The van der Waals surface area contributed by atoms with Crippen LogP contribution in [-0.2, 0) is 11.3 Å². The lowest BCUT2D eigenvalue weighted by atomic mass is 9.92. The average Bonchev–Trinajstić information content (AvgIpc) is 2.47. The molecule has 110 valence electrons. The summed E-state index contributed by atoms with van der Waals surface area (Å²) in [6.45, 7) is 4.16. The summed E-state index contributed by atoms with van der Waals surface area (Å²) in [5.74, 6) is 0.517. The Labute approximate surface area is 120 Å². The van der Waals surface area contributed by atoms with Crippen molar-refractivity contribution >= 4 is 5.91 Å². The summed E-state index contributed by atoms with van der Waals surface area (Å²) in [6, 6.07) is 7.82. The summed E-state index contributed by atoms with van der Waals surface area (Å²) in [4.78, 5) is 14.5. The molecule has 0 spiro atoms. The number of hydrogen-bond acceptors (Lipinski definition) is 3. The molecule has 0 aliphatic carbocycles. The predicted molar refractivity (Wildman–Crippen MR) is 79.4 cm³/mol. The fourth-order valence-corrected chi connectivity index (χ4v) is 2.77. The molecule has 0 unspecified atom stereocenters. The highest BCUT2D eigenvalue weighted by Gasteiger charge is 2.26. The zero-order chi connectivity index (χ0) is 14.5. The first-order chi connectivity index (χ1) is 9.61. The molecule has 20 heavy (non-hydrogen) atoms. The van der Waals surface area contributed by atoms with Gasteiger partial charge in [-0.2, -0.15) is 0 Å². The molecule has 1 aliphatic rings. The topological polar surface area (TPSA) is 55.6 Å². The van der Waals surface area contributed by atoms with E-state index in [1.165, 1.54) is 0 Å². The zero-order valence-corrected chi connectivity index (χ0v) is 12.3. The Morgan fingerprint density at radius 3 is 3.05 bits per heavy atom. The van der Waals surface area contributed by atoms with Crippen LogP contribution in [0.2, 0.25) is 0 Å². The number of likely N-dealkylation sites (tertiary alicyclic amines) is 1. The first-order valence-electron chi connectivity index (χ1n) is 7.24. The Balaban J connectivity index is 2.08. The summed E-state index contributed by atoms with van der Waals surface area (Å²) in [5.41, 5.74) is 7.74. The van der Waals surface area contributed by atoms with E-state index < -0.39 is 0 Å². The van der Waals surface area contributed by atoms with Crippen LogP contribution in [0.5, 0.6) is 0 Å². The van der Waals surface area contributed by atoms with Crippen molar-refractivity contribution in [3.05, 3.63) is 35.4 Å². The maximum absolute atomic E-state index is 12.6. The second-order valence-electron chi connectivity index (χ2n) is 5.65. The van der Waals surface area contributed by atoms with Gasteiger partial charge < -0.3 is 15.4 Å². The highest BCUT2D eigenvalue weighted by molar-refractivity contribution is 5.94. The van der Waals surface area contributed by atoms with E-state index in [0.717, 1.165) is 37.1 Å². The number of carbonyl (C=O) groups is 1. The van der Waals surface area contributed by atoms with Gasteiger partial charge in [0, 0.05) is 31.8 Å². The van der Waals surface area contributed by atoms with Gasteiger partial charge in [-0.3, -0.25) is 4.79 Å². The van der Waals surface area contributed by atoms with Crippen LogP contribution in [0.4, 0.5) is 0 Å². The van der Waals surface area contributed by atoms with Gasteiger partial charge in [-0.1, -0.05) is 12.1 Å². The van der Waals surface area contributed by atoms with Crippen molar-refractivity contribution in [2.24, 2.45) is 11.7 Å². The second kappa shape index (κ2) is 6.86. The molecule has 0 saturated carbocycles. The van der Waals surface area contributed by atoms with Crippen molar-refractivity contribution in [2.45, 2.75) is 32.4 Å². The maximum Gasteiger partial charge on any atom is 0.253 e. The van der Waals surface area contributed by atoms with Crippen LogP contribution in [0, 0.1) is 5.92 Å². The molecule has 0 bridgehead atoms. The fourth-order valence-electron chi connectivity index (χ4n) is 2.77. The summed E-state index contributed by atoms with van der Waals surface area (Å²) in [6.07, 6.45) is 2.15. The number of nitrogens with zero attached hydrogens (tertiary/aromatic N) is 1. The van der Waals surface area contributed by atoms with E-state index in [1.807, 2.05) is 36.1 Å². The van der Waals surface area contributed by atoms with E-state index in [2.05, 4.69) is 0 Å². The molecule has 4 heteroatoms. The van der Waals surface area contributed by atoms with E-state index in [4.69, 9.17) is 10.5 Å². The van der Waals surface area contributed by atoms with E-state index >= 15 is 0 Å². The lowest BCUT2D eigenvalue weighted by Crippen LogP contribution is -2.45. The summed E-state index contributed by atoms with van der Waals surface area (Å²) in [5, 5.41) is 0. The average molecular weight is 276 g/mol. The quantitative estimate of drug-likeness (QED) is 0.915. The predicted octanol–water partition coefficient (Wildman–Crippen LogP) is 2.03. The van der Waals surface area contributed by atoms with Crippen LogP contribution in [0.3, 0.4) is 0 Å². The van der Waals surface area contributed by atoms with Crippen molar-refractivity contribution in [1.82, 2.24) is 4.90 Å². The molecule has 1 aromatic carbocycles. The number of benzene rings is 1. The van der Waals surface area contributed by atoms with Gasteiger partial charge >= 0.3 is 0 Å². The number of hydrogen-bond donors (Lipinski definition) is 1. The van der Waals surface area contributed by atoms with Crippen LogP contribution >= 0.6 is 0 Å². The van der Waals surface area contributed by atoms with E-state index in [-0.39, 0.29) is 11.9 Å². The number of piperidine rings is 1. The monoisotopic (exact) mass is 276 g/mol. The first kappa shape index (κ1) is 15.0. The third kappa shape index (κ3) is 3.58. The zero-order valence-electron chi connectivity index (χ0n) is 12.3. The normalized spacial score (nSPS) is 20.8. The van der Waals surface area contributed by atoms with Gasteiger partial charge in [-0.25, -0.2) is 0 Å². The Morgan fingerprint density at radius 1 is 1.55 bits per heavy atom. The second-order valence-corrected chi connectivity index (χ2v) is 5.65. The summed E-state index contributed by atoms with van der Waals surface area (Å²) in [7, 11) is 1.66. The molecular formula is C16H24N2O2. The Bertz CT molecular complexity index is 460. The molecule has 0 aromatic heterocycles. The Morgan fingerprint density at radius 2 is 2.35 bits per heavy atom. The molecule has 2 atom stereocenters. The molecule has 1 aliphatic heterocycles. The number of ether oxygens (including phenoxy) is 1. The minimum Gasteiger partial charge on any atom is -0.380 e. The smallest absolute Gasteiger partial charge is 0.253 e. The molecule has 0 radical (unpaired) electrons. The Hall–Kier alpha value is -1.39. The van der Waals surface area contributed by atoms with Gasteiger partial charge in [0.2, 0.25) is 0 Å². The van der Waals surface area contributed by atoms with Crippen LogP contribution < -0.4 is 5.73 Å². The van der Waals surface area contributed by atoms with Gasteiger partial charge in [0.05, 0.1) is 6.61 Å². The van der Waals surface area contributed by atoms with Crippen molar-refractivity contribution in [3.8, 4) is 0 Å². The number of nitrogens with two attached hydrogens (primary N) is 1. The summed E-state index contributed by atoms with van der Waals surface area (Å²) < 4.78 is 5.12. The first-order valence-corrected chi connectivity index (χ1v) is 7.24. The van der Waals surface area contributed by atoms with Gasteiger partial charge in [-0.15, -0.1) is 0 Å². The Kier molecular flexibility index (Phi) is 5.15. The van der Waals surface area contributed by atoms with Crippen molar-refractivity contribution in [1.29, 1.82) is 0 Å². The lowest BCUT2D eigenvalue weighted by molar-refractivity contribution is 0.0660. The molecule has 1 saturated heterocycles. The van der Waals surface area contributed by atoms with Crippen LogP contribution in [-0.4, -0.2) is 37.0 Å². The molecule has 1 fully saturated rings. The largest absolute Gasteiger partial charge is 0.380 e. The highest BCUT2D eigenvalue weighted by Crippen LogP contribution is 2.21. The molecule has 1 heterocycles. The van der Waals surface area contributed by atoms with Gasteiger partial charge in [0.1, 0.15) is 0 Å². The summed E-state index contributed by atoms with van der Waals surface area (Å²) >= 11 is 0. The molecule has 2 N–H and O–H groups in total. The number of methoxy groups -OCH3 is 1. The minimum absolute atomic E-state index is 0.105. The van der Waals surface area contributed by atoms with Crippen molar-refractivity contribution in [2.75, 3.05) is 20.2 Å². The number of amides is 1. The van der Waals surface area contributed by atoms with Gasteiger partial charge in [0.15, 0.2) is 0 Å². The fraction of sp³-hybridized carbons (Fsp3) is 0.562. The molecule has 4 nitrogen and oxygen atoms in total. The molecule has 2 rings (SSSR count). The number of rotatable bonds is 4. The SMILES string of the molecule is COCc1cccc(C(=O)N2CCC[C@H]([C@H](C)N)C2)c1. The lowest BCUT2D eigenvalue weighted by Gasteiger charge is -2.34. The van der Waals surface area contributed by atoms with Gasteiger partial charge in [-0.05, 0) is 43.4 Å². The van der Waals surface area contributed by atoms with Gasteiger partial charge in [0.25, 0.3) is 5.91 Å². The third-order valence-electron chi connectivity index (χ3n) is 3.97.